The minimum Gasteiger partial charge on any atom is -0.466 e. The number of esters is 1. The van der Waals surface area contributed by atoms with E-state index < -0.39 is 0 Å². The number of pyridine rings is 1. The molecular formula is C12H17N3O2S. The molecule has 5 nitrogen and oxygen atoms in total. The molecule has 0 aliphatic rings. The third-order valence-electron chi connectivity index (χ3n) is 2.33. The van der Waals surface area contributed by atoms with E-state index in [4.69, 9.17) is 22.7 Å². The van der Waals surface area contributed by atoms with Crippen LogP contribution in [0.2, 0.25) is 0 Å². The number of nitrogens with two attached hydrogens (primary N) is 1. The first-order valence-electron chi connectivity index (χ1n) is 5.68. The molecule has 1 aromatic heterocycles. The third kappa shape index (κ3) is 4.29. The maximum atomic E-state index is 11.2. The number of nitrogens with zero attached hydrogens (tertiary/aromatic N) is 2. The van der Waals surface area contributed by atoms with Gasteiger partial charge in [-0.15, -0.1) is 0 Å². The number of hydrogen-bond acceptors (Lipinski definition) is 5. The van der Waals surface area contributed by atoms with E-state index in [0.717, 1.165) is 5.82 Å². The summed E-state index contributed by atoms with van der Waals surface area (Å²) in [6.45, 7) is 2.72. The molecule has 0 aromatic carbocycles. The number of aromatic nitrogens is 1. The van der Waals surface area contributed by atoms with Crippen molar-refractivity contribution in [1.82, 2.24) is 4.98 Å². The highest BCUT2D eigenvalue weighted by Crippen LogP contribution is 2.10. The normalized spacial score (nSPS) is 9.89. The Kier molecular flexibility index (Phi) is 5.51. The van der Waals surface area contributed by atoms with Crippen LogP contribution in [-0.2, 0) is 9.53 Å². The SMILES string of the molecule is CCOC(=O)CCN(C)c1cccc(C(N)=S)n1. The van der Waals surface area contributed by atoms with Gasteiger partial charge < -0.3 is 15.4 Å². The third-order valence-corrected chi connectivity index (χ3v) is 2.54. The van der Waals surface area contributed by atoms with Crippen molar-refractivity contribution >= 4 is 29.0 Å². The van der Waals surface area contributed by atoms with Crippen LogP contribution in [0.3, 0.4) is 0 Å². The second-order valence-corrected chi connectivity index (χ2v) is 4.16. The lowest BCUT2D eigenvalue weighted by Gasteiger charge is -2.18. The van der Waals surface area contributed by atoms with E-state index in [1.54, 1.807) is 13.0 Å². The molecule has 0 fully saturated rings. The quantitative estimate of drug-likeness (QED) is 0.615. The van der Waals surface area contributed by atoms with Crippen molar-refractivity contribution < 1.29 is 9.53 Å². The van der Waals surface area contributed by atoms with Gasteiger partial charge in [-0.1, -0.05) is 18.3 Å². The molecule has 1 heterocycles. The van der Waals surface area contributed by atoms with Crippen molar-refractivity contribution in [2.24, 2.45) is 5.73 Å². The van der Waals surface area contributed by atoms with Crippen LogP contribution in [0.15, 0.2) is 18.2 Å². The summed E-state index contributed by atoms with van der Waals surface area (Å²) in [6.07, 6.45) is 0.323. The van der Waals surface area contributed by atoms with Crippen molar-refractivity contribution in [1.29, 1.82) is 0 Å². The van der Waals surface area contributed by atoms with Crippen molar-refractivity contribution in [3.05, 3.63) is 23.9 Å². The van der Waals surface area contributed by atoms with Gasteiger partial charge in [0.1, 0.15) is 10.8 Å². The van der Waals surface area contributed by atoms with E-state index in [2.05, 4.69) is 4.98 Å². The average Bonchev–Trinajstić information content (AvgIpc) is 2.36. The molecule has 1 rings (SSSR count). The first-order chi connectivity index (χ1) is 8.54. The minimum atomic E-state index is -0.213. The zero-order chi connectivity index (χ0) is 13.5. The summed E-state index contributed by atoms with van der Waals surface area (Å²) in [7, 11) is 1.85. The molecular weight excluding hydrogens is 250 g/mol. The van der Waals surface area contributed by atoms with Gasteiger partial charge in [0, 0.05) is 13.6 Å². The van der Waals surface area contributed by atoms with Crippen LogP contribution in [0.4, 0.5) is 5.82 Å². The summed E-state index contributed by atoms with van der Waals surface area (Å²) in [5.74, 6) is 0.513. The Bertz CT molecular complexity index is 437. The van der Waals surface area contributed by atoms with Gasteiger partial charge in [0.05, 0.1) is 18.7 Å². The predicted octanol–water partition coefficient (Wildman–Crippen LogP) is 1.11. The Hall–Kier alpha value is -1.69. The molecule has 6 heteroatoms. The van der Waals surface area contributed by atoms with Gasteiger partial charge in [0.15, 0.2) is 0 Å². The van der Waals surface area contributed by atoms with Crippen LogP contribution in [0, 0.1) is 0 Å². The van der Waals surface area contributed by atoms with E-state index in [-0.39, 0.29) is 11.0 Å². The summed E-state index contributed by atoms with van der Waals surface area (Å²) < 4.78 is 4.86. The van der Waals surface area contributed by atoms with E-state index in [9.17, 15) is 4.79 Å². The second kappa shape index (κ2) is 6.90. The molecule has 0 radical (unpaired) electrons. The van der Waals surface area contributed by atoms with E-state index in [1.165, 1.54) is 0 Å². The molecule has 2 N–H and O–H groups in total. The molecule has 0 aliphatic heterocycles. The van der Waals surface area contributed by atoms with Crippen molar-refractivity contribution in [3.63, 3.8) is 0 Å². The van der Waals surface area contributed by atoms with Gasteiger partial charge in [0.2, 0.25) is 0 Å². The summed E-state index contributed by atoms with van der Waals surface area (Å²) in [5.41, 5.74) is 6.10. The average molecular weight is 267 g/mol. The first-order valence-corrected chi connectivity index (χ1v) is 6.09. The Balaban J connectivity index is 2.61. The molecule has 0 spiro atoms. The standard InChI is InChI=1S/C12H17N3O2S/c1-3-17-11(16)7-8-15(2)10-6-4-5-9(14-10)12(13)18/h4-6H,3,7-8H2,1-2H3,(H2,13,18). The minimum absolute atomic E-state index is 0.213. The molecule has 0 aliphatic carbocycles. The fraction of sp³-hybridized carbons (Fsp3) is 0.417. The number of anilines is 1. The molecule has 0 saturated heterocycles. The molecule has 0 unspecified atom stereocenters. The molecule has 0 amide bonds. The molecule has 0 atom stereocenters. The van der Waals surface area contributed by atoms with E-state index in [0.29, 0.717) is 25.3 Å². The van der Waals surface area contributed by atoms with Crippen molar-refractivity contribution in [2.45, 2.75) is 13.3 Å². The maximum absolute atomic E-state index is 11.2. The van der Waals surface area contributed by atoms with Crippen LogP contribution >= 0.6 is 12.2 Å². The highest BCUT2D eigenvalue weighted by molar-refractivity contribution is 7.80. The van der Waals surface area contributed by atoms with Gasteiger partial charge in [-0.3, -0.25) is 4.79 Å². The van der Waals surface area contributed by atoms with Crippen LogP contribution in [0.5, 0.6) is 0 Å². The number of hydrogen-bond donors (Lipinski definition) is 1. The fourth-order valence-corrected chi connectivity index (χ4v) is 1.49. The van der Waals surface area contributed by atoms with Crippen LogP contribution < -0.4 is 10.6 Å². The Labute approximate surface area is 112 Å². The lowest BCUT2D eigenvalue weighted by atomic mass is 10.3. The molecule has 98 valence electrons. The van der Waals surface area contributed by atoms with Gasteiger partial charge in [-0.2, -0.15) is 0 Å². The number of thiocarbonyl (C=S) groups is 1. The lowest BCUT2D eigenvalue weighted by Crippen LogP contribution is -2.24. The zero-order valence-corrected chi connectivity index (χ0v) is 11.4. The summed E-state index contributed by atoms with van der Waals surface area (Å²) in [5, 5.41) is 0. The van der Waals surface area contributed by atoms with Crippen molar-refractivity contribution in [2.75, 3.05) is 25.1 Å². The summed E-state index contributed by atoms with van der Waals surface area (Å²) in [6, 6.07) is 5.43. The van der Waals surface area contributed by atoms with Crippen LogP contribution in [-0.4, -0.2) is 36.1 Å². The second-order valence-electron chi connectivity index (χ2n) is 3.72. The lowest BCUT2D eigenvalue weighted by molar-refractivity contribution is -0.142. The first kappa shape index (κ1) is 14.4. The number of ether oxygens (including phenoxy) is 1. The number of rotatable bonds is 6. The Morgan fingerprint density at radius 2 is 2.28 bits per heavy atom. The predicted molar refractivity (Wildman–Crippen MR) is 74.6 cm³/mol. The fourth-order valence-electron chi connectivity index (χ4n) is 1.38. The van der Waals surface area contributed by atoms with E-state index in [1.807, 2.05) is 24.1 Å². The van der Waals surface area contributed by atoms with Crippen LogP contribution in [0.1, 0.15) is 19.0 Å². The maximum Gasteiger partial charge on any atom is 0.307 e. The molecule has 0 bridgehead atoms. The summed E-state index contributed by atoms with van der Waals surface area (Å²) in [4.78, 5) is 17.7. The van der Waals surface area contributed by atoms with Crippen molar-refractivity contribution in [3.8, 4) is 0 Å². The number of carbonyl (C=O) groups is 1. The van der Waals surface area contributed by atoms with Gasteiger partial charge in [0.25, 0.3) is 0 Å². The zero-order valence-electron chi connectivity index (χ0n) is 10.5. The molecule has 0 saturated carbocycles. The smallest absolute Gasteiger partial charge is 0.307 e. The largest absolute Gasteiger partial charge is 0.466 e. The van der Waals surface area contributed by atoms with Gasteiger partial charge >= 0.3 is 5.97 Å². The van der Waals surface area contributed by atoms with Gasteiger partial charge in [-0.25, -0.2) is 4.98 Å². The van der Waals surface area contributed by atoms with Gasteiger partial charge in [-0.05, 0) is 19.1 Å². The molecule has 1 aromatic rings. The Morgan fingerprint density at radius 3 is 2.89 bits per heavy atom. The number of carbonyl (C=O) groups excluding carboxylic acids is 1. The summed E-state index contributed by atoms with van der Waals surface area (Å²) >= 11 is 4.87. The highest BCUT2D eigenvalue weighted by Gasteiger charge is 2.08. The molecule has 18 heavy (non-hydrogen) atoms. The Morgan fingerprint density at radius 1 is 1.56 bits per heavy atom. The van der Waals surface area contributed by atoms with E-state index >= 15 is 0 Å². The highest BCUT2D eigenvalue weighted by atomic mass is 32.1. The van der Waals surface area contributed by atoms with Crippen LogP contribution in [0.25, 0.3) is 0 Å². The topological polar surface area (TPSA) is 68.5 Å². The monoisotopic (exact) mass is 267 g/mol.